The van der Waals surface area contributed by atoms with Crippen molar-refractivity contribution in [3.8, 4) is 0 Å². The van der Waals surface area contributed by atoms with E-state index in [2.05, 4.69) is 15.2 Å². The zero-order valence-corrected chi connectivity index (χ0v) is 15.4. The third-order valence-electron chi connectivity index (χ3n) is 5.46. The number of nitrogens with one attached hydrogen (secondary N) is 1. The van der Waals surface area contributed by atoms with Gasteiger partial charge in [-0.15, -0.1) is 0 Å². The van der Waals surface area contributed by atoms with Gasteiger partial charge < -0.3 is 15.0 Å². The molecule has 3 heterocycles. The van der Waals surface area contributed by atoms with Gasteiger partial charge in [0.2, 0.25) is 0 Å². The number of pyridine rings is 1. The van der Waals surface area contributed by atoms with E-state index < -0.39 is 0 Å². The van der Waals surface area contributed by atoms with Crippen molar-refractivity contribution in [3.05, 3.63) is 53.2 Å². The van der Waals surface area contributed by atoms with E-state index >= 15 is 0 Å². The first-order valence-electron chi connectivity index (χ1n) is 9.25. The van der Waals surface area contributed by atoms with Crippen LogP contribution in [0.2, 0.25) is 0 Å². The van der Waals surface area contributed by atoms with Crippen LogP contribution in [-0.2, 0) is 4.74 Å². The number of benzene rings is 1. The van der Waals surface area contributed by atoms with Gasteiger partial charge in [-0.1, -0.05) is 0 Å². The fourth-order valence-electron chi connectivity index (χ4n) is 3.86. The van der Waals surface area contributed by atoms with E-state index in [4.69, 9.17) is 4.74 Å². The van der Waals surface area contributed by atoms with Crippen LogP contribution >= 0.6 is 0 Å². The number of hydrogen-bond acceptors (Lipinski definition) is 5. The van der Waals surface area contributed by atoms with Gasteiger partial charge in [0.05, 0.1) is 5.56 Å². The first-order chi connectivity index (χ1) is 13.1. The predicted octanol–water partition coefficient (Wildman–Crippen LogP) is 3.07. The van der Waals surface area contributed by atoms with Crippen molar-refractivity contribution in [2.45, 2.75) is 19.8 Å². The number of aryl methyl sites for hydroxylation is 1. The quantitative estimate of drug-likeness (QED) is 0.843. The molecule has 140 valence electrons. The number of nitrogens with zero attached hydrogens (tertiary/aromatic N) is 2. The average molecular weight is 365 g/mol. The van der Waals surface area contributed by atoms with E-state index in [1.165, 1.54) is 0 Å². The van der Waals surface area contributed by atoms with Crippen LogP contribution in [0.5, 0.6) is 0 Å². The Hall–Kier alpha value is -2.73. The molecule has 2 fully saturated rings. The Labute approximate surface area is 158 Å². The van der Waals surface area contributed by atoms with E-state index in [1.807, 2.05) is 13.0 Å². The highest BCUT2D eigenvalue weighted by Gasteiger charge is 2.45. The van der Waals surface area contributed by atoms with Gasteiger partial charge in [0.15, 0.2) is 0 Å². The van der Waals surface area contributed by atoms with E-state index in [9.17, 15) is 9.59 Å². The molecule has 1 amide bonds. The molecular weight excluding hydrogens is 342 g/mol. The van der Waals surface area contributed by atoms with Crippen LogP contribution < -0.4 is 10.2 Å². The number of anilines is 2. The van der Waals surface area contributed by atoms with Crippen LogP contribution in [-0.4, -0.2) is 43.5 Å². The summed E-state index contributed by atoms with van der Waals surface area (Å²) in [6, 6.07) is 8.70. The highest BCUT2D eigenvalue weighted by atomic mass is 16.5. The Bertz CT molecular complexity index is 849. The Morgan fingerprint density at radius 2 is 1.93 bits per heavy atom. The summed E-state index contributed by atoms with van der Waals surface area (Å²) in [5.74, 6) is 0.549. The topological polar surface area (TPSA) is 71.5 Å². The zero-order chi connectivity index (χ0) is 18.9. The maximum absolute atomic E-state index is 12.9. The normalized spacial score (nSPS) is 18.0. The molecule has 6 nitrogen and oxygen atoms in total. The number of ether oxygens (including phenoxy) is 1. The number of amides is 1. The lowest BCUT2D eigenvalue weighted by Gasteiger charge is -2.53. The molecule has 0 radical (unpaired) electrons. The highest BCUT2D eigenvalue weighted by molar-refractivity contribution is 6.07. The second kappa shape index (κ2) is 7.12. The largest absolute Gasteiger partial charge is 0.381 e. The van der Waals surface area contributed by atoms with Crippen molar-refractivity contribution in [3.63, 3.8) is 0 Å². The molecule has 27 heavy (non-hydrogen) atoms. The molecule has 2 saturated heterocycles. The van der Waals surface area contributed by atoms with Crippen LogP contribution in [0, 0.1) is 12.3 Å². The van der Waals surface area contributed by atoms with Gasteiger partial charge in [-0.25, -0.2) is 4.98 Å². The highest BCUT2D eigenvalue weighted by Crippen LogP contribution is 2.42. The predicted molar refractivity (Wildman–Crippen MR) is 103 cm³/mol. The standard InChI is InChI=1S/C21H23N3O3/c1-15-10-18(20(26)23-17-4-2-16(12-25)3-5-17)19(22-11-15)24-13-21(14-24)6-8-27-9-7-21/h2-5,10-12H,6-9,13-14H2,1H3,(H,23,26). The molecule has 6 heteroatoms. The molecule has 0 atom stereocenters. The minimum atomic E-state index is -0.187. The third kappa shape index (κ3) is 3.57. The molecule has 4 rings (SSSR count). The molecule has 2 aliphatic heterocycles. The third-order valence-corrected chi connectivity index (χ3v) is 5.46. The Morgan fingerprint density at radius 3 is 2.59 bits per heavy atom. The number of rotatable bonds is 4. The SMILES string of the molecule is Cc1cnc(N2CC3(CCOCC3)C2)c(C(=O)Nc2ccc(C=O)cc2)c1. The van der Waals surface area contributed by atoms with Gasteiger partial charge in [-0.2, -0.15) is 0 Å². The lowest BCUT2D eigenvalue weighted by atomic mass is 9.73. The van der Waals surface area contributed by atoms with Gasteiger partial charge in [-0.3, -0.25) is 9.59 Å². The van der Waals surface area contributed by atoms with Gasteiger partial charge in [0, 0.05) is 49.2 Å². The van der Waals surface area contributed by atoms with Gasteiger partial charge in [0.1, 0.15) is 12.1 Å². The molecule has 1 aromatic carbocycles. The monoisotopic (exact) mass is 365 g/mol. The minimum absolute atomic E-state index is 0.187. The van der Waals surface area contributed by atoms with Crippen LogP contribution in [0.15, 0.2) is 36.5 Å². The van der Waals surface area contributed by atoms with Crippen LogP contribution in [0.25, 0.3) is 0 Å². The molecule has 2 aromatic rings. The first-order valence-corrected chi connectivity index (χ1v) is 9.25. The van der Waals surface area contributed by atoms with Crippen molar-refractivity contribution < 1.29 is 14.3 Å². The molecule has 0 aliphatic carbocycles. The zero-order valence-electron chi connectivity index (χ0n) is 15.4. The number of carbonyl (C=O) groups excluding carboxylic acids is 2. The fourth-order valence-corrected chi connectivity index (χ4v) is 3.86. The van der Waals surface area contributed by atoms with Crippen molar-refractivity contribution >= 4 is 23.7 Å². The molecular formula is C21H23N3O3. The van der Waals surface area contributed by atoms with E-state index in [0.29, 0.717) is 22.2 Å². The summed E-state index contributed by atoms with van der Waals surface area (Å²) in [6.07, 6.45) is 4.73. The van der Waals surface area contributed by atoms with Crippen molar-refractivity contribution in [2.75, 3.05) is 36.5 Å². The van der Waals surface area contributed by atoms with E-state index in [0.717, 1.165) is 56.8 Å². The Balaban J connectivity index is 1.52. The Kier molecular flexibility index (Phi) is 4.66. The number of aromatic nitrogens is 1. The van der Waals surface area contributed by atoms with Crippen molar-refractivity contribution in [2.24, 2.45) is 5.41 Å². The summed E-state index contributed by atoms with van der Waals surface area (Å²) in [5.41, 5.74) is 3.07. The summed E-state index contributed by atoms with van der Waals surface area (Å²) in [4.78, 5) is 30.4. The fraction of sp³-hybridized carbons (Fsp3) is 0.381. The maximum Gasteiger partial charge on any atom is 0.259 e. The summed E-state index contributed by atoms with van der Waals surface area (Å²) in [5, 5.41) is 2.91. The summed E-state index contributed by atoms with van der Waals surface area (Å²) >= 11 is 0. The average Bonchev–Trinajstić information content (AvgIpc) is 2.67. The van der Waals surface area contributed by atoms with E-state index in [1.54, 1.807) is 30.5 Å². The second-order valence-corrected chi connectivity index (χ2v) is 7.55. The molecule has 0 bridgehead atoms. The molecule has 1 aromatic heterocycles. The van der Waals surface area contributed by atoms with E-state index in [-0.39, 0.29) is 5.91 Å². The summed E-state index contributed by atoms with van der Waals surface area (Å²) in [7, 11) is 0. The molecule has 0 unspecified atom stereocenters. The number of carbonyl (C=O) groups is 2. The number of hydrogen-bond donors (Lipinski definition) is 1. The molecule has 0 saturated carbocycles. The minimum Gasteiger partial charge on any atom is -0.381 e. The van der Waals surface area contributed by atoms with Gasteiger partial charge in [0.25, 0.3) is 5.91 Å². The smallest absolute Gasteiger partial charge is 0.259 e. The van der Waals surface area contributed by atoms with Crippen LogP contribution in [0.1, 0.15) is 39.1 Å². The molecule has 1 N–H and O–H groups in total. The maximum atomic E-state index is 12.9. The molecule has 2 aliphatic rings. The first kappa shape index (κ1) is 17.7. The lowest BCUT2D eigenvalue weighted by Crippen LogP contribution is -2.59. The second-order valence-electron chi connectivity index (χ2n) is 7.55. The Morgan fingerprint density at radius 1 is 1.22 bits per heavy atom. The van der Waals surface area contributed by atoms with Crippen molar-refractivity contribution in [1.82, 2.24) is 4.98 Å². The van der Waals surface area contributed by atoms with Gasteiger partial charge >= 0.3 is 0 Å². The molecule has 1 spiro atoms. The van der Waals surface area contributed by atoms with Crippen molar-refractivity contribution in [1.29, 1.82) is 0 Å². The lowest BCUT2D eigenvalue weighted by molar-refractivity contribution is -0.000509. The van der Waals surface area contributed by atoms with Gasteiger partial charge in [-0.05, 0) is 55.7 Å². The number of aldehydes is 1. The summed E-state index contributed by atoms with van der Waals surface area (Å²) in [6.45, 7) is 5.41. The van der Waals surface area contributed by atoms with Crippen LogP contribution in [0.3, 0.4) is 0 Å². The van der Waals surface area contributed by atoms with Crippen LogP contribution in [0.4, 0.5) is 11.5 Å². The summed E-state index contributed by atoms with van der Waals surface area (Å²) < 4.78 is 5.48.